The van der Waals surface area contributed by atoms with Crippen molar-refractivity contribution >= 4 is 40.5 Å². The fraction of sp³-hybridized carbons (Fsp3) is 0.111. The van der Waals surface area contributed by atoms with Crippen molar-refractivity contribution in [2.75, 3.05) is 0 Å². The Bertz CT molecular complexity index is 352. The molecule has 1 aromatic heterocycles. The Morgan fingerprint density at radius 2 is 2.50 bits per heavy atom. The largest absolute Gasteiger partial charge is 0.375 e. The van der Waals surface area contributed by atoms with Gasteiger partial charge in [0, 0.05) is 0 Å². The third-order valence-electron chi connectivity index (χ3n) is 1.40. The van der Waals surface area contributed by atoms with Gasteiger partial charge >= 0.3 is 0 Å². The number of nitrogens with zero attached hydrogens (tertiary/aromatic N) is 1. The first-order chi connectivity index (χ1) is 6.68. The highest BCUT2D eigenvalue weighted by molar-refractivity contribution is 7.80. The highest BCUT2D eigenvalue weighted by atomic mass is 32.1. The van der Waals surface area contributed by atoms with Crippen LogP contribution in [-0.4, -0.2) is 10.8 Å². The molecule has 1 heterocycles. The van der Waals surface area contributed by atoms with Crippen LogP contribution in [-0.2, 0) is 0 Å². The lowest BCUT2D eigenvalue weighted by molar-refractivity contribution is 1.03. The molecule has 5 heteroatoms. The third-order valence-corrected chi connectivity index (χ3v) is 2.20. The van der Waals surface area contributed by atoms with Crippen molar-refractivity contribution in [3.05, 3.63) is 28.5 Å². The third kappa shape index (κ3) is 4.15. The van der Waals surface area contributed by atoms with E-state index in [1.165, 1.54) is 5.56 Å². The van der Waals surface area contributed by atoms with Crippen LogP contribution < -0.4 is 11.2 Å². The highest BCUT2D eigenvalue weighted by Crippen LogP contribution is 2.07. The standard InChI is InChI=1S/C9H11N3S2/c1-7(11-12-9(10)13)2-3-8-4-5-14-6-8/h2-6H,1H3,(H3,10,12,13)/b3-2+,11-7-. The zero-order valence-corrected chi connectivity index (χ0v) is 9.36. The van der Waals surface area contributed by atoms with Crippen LogP contribution in [0.4, 0.5) is 0 Å². The maximum atomic E-state index is 5.22. The second-order valence-electron chi connectivity index (χ2n) is 2.62. The zero-order chi connectivity index (χ0) is 10.4. The lowest BCUT2D eigenvalue weighted by Crippen LogP contribution is -2.24. The quantitative estimate of drug-likeness (QED) is 0.470. The van der Waals surface area contributed by atoms with Gasteiger partial charge < -0.3 is 5.73 Å². The van der Waals surface area contributed by atoms with Gasteiger partial charge in [0.25, 0.3) is 0 Å². The van der Waals surface area contributed by atoms with Gasteiger partial charge in [0.2, 0.25) is 0 Å². The summed E-state index contributed by atoms with van der Waals surface area (Å²) < 4.78 is 0. The molecule has 0 unspecified atom stereocenters. The van der Waals surface area contributed by atoms with E-state index in [1.54, 1.807) is 11.3 Å². The van der Waals surface area contributed by atoms with Crippen molar-refractivity contribution in [3.8, 4) is 0 Å². The first-order valence-corrected chi connectivity index (χ1v) is 5.33. The van der Waals surface area contributed by atoms with Crippen LogP contribution in [0.3, 0.4) is 0 Å². The topological polar surface area (TPSA) is 50.4 Å². The number of thiocarbonyl (C=S) groups is 1. The average molecular weight is 225 g/mol. The van der Waals surface area contributed by atoms with Crippen molar-refractivity contribution in [2.24, 2.45) is 10.8 Å². The molecule has 0 aliphatic rings. The smallest absolute Gasteiger partial charge is 0.184 e. The van der Waals surface area contributed by atoms with Crippen LogP contribution in [0.1, 0.15) is 12.5 Å². The number of allylic oxidation sites excluding steroid dienone is 1. The minimum atomic E-state index is 0.174. The fourth-order valence-corrected chi connectivity index (χ4v) is 1.44. The van der Waals surface area contributed by atoms with Crippen LogP contribution in [0.2, 0.25) is 0 Å². The molecule has 0 spiro atoms. The average Bonchev–Trinajstić information content (AvgIpc) is 2.63. The number of hydrazone groups is 1. The van der Waals surface area contributed by atoms with Gasteiger partial charge in [-0.2, -0.15) is 16.4 Å². The molecule has 74 valence electrons. The number of thiophene rings is 1. The van der Waals surface area contributed by atoms with Gasteiger partial charge in [-0.1, -0.05) is 6.08 Å². The van der Waals surface area contributed by atoms with Gasteiger partial charge in [0.15, 0.2) is 5.11 Å². The predicted molar refractivity (Wildman–Crippen MR) is 66.4 cm³/mol. The van der Waals surface area contributed by atoms with Crippen LogP contribution in [0.25, 0.3) is 6.08 Å². The zero-order valence-electron chi connectivity index (χ0n) is 7.73. The number of hydrogen-bond acceptors (Lipinski definition) is 3. The summed E-state index contributed by atoms with van der Waals surface area (Å²) in [4.78, 5) is 0. The molecule has 3 N–H and O–H groups in total. The van der Waals surface area contributed by atoms with E-state index < -0.39 is 0 Å². The summed E-state index contributed by atoms with van der Waals surface area (Å²) in [5.74, 6) is 0. The fourth-order valence-electron chi connectivity index (χ4n) is 0.767. The normalized spacial score (nSPS) is 11.9. The Labute approximate surface area is 92.3 Å². The molecule has 0 bridgehead atoms. The molecule has 1 aromatic rings. The summed E-state index contributed by atoms with van der Waals surface area (Å²) in [5, 5.41) is 8.20. The molecule has 0 fully saturated rings. The molecule has 3 nitrogen and oxygen atoms in total. The first kappa shape index (κ1) is 10.9. The SMILES string of the molecule is CC(/C=C/c1ccsc1)=N/NC(N)=S. The Balaban J connectivity index is 2.51. The summed E-state index contributed by atoms with van der Waals surface area (Å²) in [7, 11) is 0. The molecule has 0 saturated heterocycles. The van der Waals surface area contributed by atoms with Crippen molar-refractivity contribution < 1.29 is 0 Å². The van der Waals surface area contributed by atoms with E-state index in [2.05, 4.69) is 28.1 Å². The predicted octanol–water partition coefficient (Wildman–Crippen LogP) is 1.97. The van der Waals surface area contributed by atoms with E-state index in [-0.39, 0.29) is 5.11 Å². The van der Waals surface area contributed by atoms with Crippen molar-refractivity contribution in [3.63, 3.8) is 0 Å². The van der Waals surface area contributed by atoms with E-state index >= 15 is 0 Å². The van der Waals surface area contributed by atoms with E-state index in [0.29, 0.717) is 0 Å². The lowest BCUT2D eigenvalue weighted by Gasteiger charge is -1.95. The van der Waals surface area contributed by atoms with E-state index in [4.69, 9.17) is 5.73 Å². The second-order valence-corrected chi connectivity index (χ2v) is 3.84. The molecule has 0 radical (unpaired) electrons. The summed E-state index contributed by atoms with van der Waals surface area (Å²) >= 11 is 6.28. The maximum absolute atomic E-state index is 5.22. The number of nitrogens with one attached hydrogen (secondary N) is 1. The van der Waals surface area contributed by atoms with Gasteiger partial charge in [-0.25, -0.2) is 0 Å². The minimum absolute atomic E-state index is 0.174. The van der Waals surface area contributed by atoms with Gasteiger partial charge in [-0.05, 0) is 47.6 Å². The molecule has 0 aliphatic carbocycles. The molecule has 0 amide bonds. The molecule has 1 rings (SSSR count). The van der Waals surface area contributed by atoms with Gasteiger partial charge in [0.1, 0.15) is 0 Å². The first-order valence-electron chi connectivity index (χ1n) is 3.98. The van der Waals surface area contributed by atoms with Crippen LogP contribution in [0, 0.1) is 0 Å². The molecular weight excluding hydrogens is 214 g/mol. The Morgan fingerprint density at radius 1 is 1.71 bits per heavy atom. The van der Waals surface area contributed by atoms with Gasteiger partial charge in [0.05, 0.1) is 5.71 Å². The Kier molecular flexibility index (Phi) is 4.28. The molecule has 0 saturated carbocycles. The molecular formula is C9H11N3S2. The molecule has 0 aliphatic heterocycles. The van der Waals surface area contributed by atoms with Crippen LogP contribution in [0.15, 0.2) is 28.0 Å². The summed E-state index contributed by atoms with van der Waals surface area (Å²) in [6.45, 7) is 1.87. The molecule has 0 atom stereocenters. The molecule has 14 heavy (non-hydrogen) atoms. The van der Waals surface area contributed by atoms with Gasteiger partial charge in [-0.15, -0.1) is 0 Å². The van der Waals surface area contributed by atoms with Crippen LogP contribution >= 0.6 is 23.6 Å². The second kappa shape index (κ2) is 5.51. The van der Waals surface area contributed by atoms with E-state index in [0.717, 1.165) is 5.71 Å². The lowest BCUT2D eigenvalue weighted by atomic mass is 10.3. The van der Waals surface area contributed by atoms with Crippen molar-refractivity contribution in [2.45, 2.75) is 6.92 Å². The maximum Gasteiger partial charge on any atom is 0.184 e. The highest BCUT2D eigenvalue weighted by Gasteiger charge is 1.87. The monoisotopic (exact) mass is 225 g/mol. The van der Waals surface area contributed by atoms with Crippen LogP contribution in [0.5, 0.6) is 0 Å². The molecule has 0 aromatic carbocycles. The summed E-state index contributed by atoms with van der Waals surface area (Å²) in [6.07, 6.45) is 3.88. The van der Waals surface area contributed by atoms with Gasteiger partial charge in [-0.3, -0.25) is 5.43 Å². The Morgan fingerprint density at radius 3 is 3.07 bits per heavy atom. The summed E-state index contributed by atoms with van der Waals surface area (Å²) in [6, 6.07) is 2.04. The number of nitrogens with two attached hydrogens (primary N) is 1. The summed E-state index contributed by atoms with van der Waals surface area (Å²) in [5.41, 5.74) is 9.74. The Hall–Kier alpha value is -1.20. The number of rotatable bonds is 3. The van der Waals surface area contributed by atoms with E-state index in [9.17, 15) is 0 Å². The van der Waals surface area contributed by atoms with Crippen molar-refractivity contribution in [1.29, 1.82) is 0 Å². The van der Waals surface area contributed by atoms with E-state index in [1.807, 2.05) is 30.5 Å². The van der Waals surface area contributed by atoms with Crippen molar-refractivity contribution in [1.82, 2.24) is 5.43 Å². The number of hydrogen-bond donors (Lipinski definition) is 2. The minimum Gasteiger partial charge on any atom is -0.375 e.